The molecule has 2 atom stereocenters. The Labute approximate surface area is 143 Å². The molecule has 1 amide bonds. The molecule has 0 bridgehead atoms. The molecule has 1 saturated carbocycles. The van der Waals surface area contributed by atoms with Crippen LogP contribution in [0.1, 0.15) is 36.3 Å². The van der Waals surface area contributed by atoms with E-state index in [2.05, 4.69) is 40.3 Å². The van der Waals surface area contributed by atoms with Crippen molar-refractivity contribution in [1.29, 1.82) is 0 Å². The van der Waals surface area contributed by atoms with Crippen molar-refractivity contribution < 1.29 is 4.79 Å². The van der Waals surface area contributed by atoms with Gasteiger partial charge >= 0.3 is 0 Å². The van der Waals surface area contributed by atoms with E-state index in [-0.39, 0.29) is 5.92 Å². The second kappa shape index (κ2) is 6.42. The molecule has 0 unspecified atom stereocenters. The van der Waals surface area contributed by atoms with Crippen molar-refractivity contribution in [2.75, 3.05) is 13.1 Å². The summed E-state index contributed by atoms with van der Waals surface area (Å²) in [5, 5.41) is 4.23. The highest BCUT2D eigenvalue weighted by atomic mass is 16.2. The molecule has 1 aliphatic carbocycles. The molecular formula is C20H25N3O. The standard InChI is InChI=1S/C20H25N3O/c1-22-14-17(13-21-22)18-12-19(18)20(24)23-9-7-16(8-10-23)11-15-5-3-2-4-6-15/h2-6,13-14,16,18-19H,7-12H2,1H3/t18-,19+/m0/s1. The van der Waals surface area contributed by atoms with Gasteiger partial charge in [0, 0.05) is 32.3 Å². The van der Waals surface area contributed by atoms with Crippen LogP contribution in [0.2, 0.25) is 0 Å². The monoisotopic (exact) mass is 323 g/mol. The lowest BCUT2D eigenvalue weighted by molar-refractivity contribution is -0.134. The van der Waals surface area contributed by atoms with Crippen LogP contribution >= 0.6 is 0 Å². The maximum Gasteiger partial charge on any atom is 0.226 e. The van der Waals surface area contributed by atoms with Gasteiger partial charge in [-0.15, -0.1) is 0 Å². The topological polar surface area (TPSA) is 38.1 Å². The number of hydrogen-bond donors (Lipinski definition) is 0. The summed E-state index contributed by atoms with van der Waals surface area (Å²) in [5.74, 6) is 1.67. The summed E-state index contributed by atoms with van der Waals surface area (Å²) in [7, 11) is 1.93. The normalized spacial score (nSPS) is 24.1. The highest BCUT2D eigenvalue weighted by molar-refractivity contribution is 5.83. The van der Waals surface area contributed by atoms with Crippen LogP contribution in [0, 0.1) is 11.8 Å². The third-order valence-corrected chi connectivity index (χ3v) is 5.55. The zero-order chi connectivity index (χ0) is 16.5. The average molecular weight is 323 g/mol. The van der Waals surface area contributed by atoms with Crippen LogP contribution in [0.4, 0.5) is 0 Å². The zero-order valence-corrected chi connectivity index (χ0v) is 14.3. The van der Waals surface area contributed by atoms with Crippen molar-refractivity contribution >= 4 is 5.91 Å². The molecule has 24 heavy (non-hydrogen) atoms. The minimum Gasteiger partial charge on any atom is -0.342 e. The second-order valence-electron chi connectivity index (χ2n) is 7.35. The molecule has 2 fully saturated rings. The maximum atomic E-state index is 12.7. The molecule has 4 heteroatoms. The number of benzene rings is 1. The SMILES string of the molecule is Cn1cc([C@@H]2C[C@H]2C(=O)N2CCC(Cc3ccccc3)CC2)cn1. The molecule has 0 radical (unpaired) electrons. The van der Waals surface area contributed by atoms with Gasteiger partial charge in [-0.25, -0.2) is 0 Å². The van der Waals surface area contributed by atoms with E-state index in [4.69, 9.17) is 0 Å². The summed E-state index contributed by atoms with van der Waals surface area (Å²) in [6, 6.07) is 10.7. The van der Waals surface area contributed by atoms with Gasteiger partial charge in [-0.05, 0) is 48.6 Å². The molecule has 0 N–H and O–H groups in total. The Kier molecular flexibility index (Phi) is 4.13. The number of amides is 1. The van der Waals surface area contributed by atoms with E-state index in [1.54, 1.807) is 0 Å². The van der Waals surface area contributed by atoms with E-state index >= 15 is 0 Å². The molecule has 4 nitrogen and oxygen atoms in total. The number of carbonyl (C=O) groups is 1. The lowest BCUT2D eigenvalue weighted by Crippen LogP contribution is -2.40. The van der Waals surface area contributed by atoms with E-state index in [1.165, 1.54) is 11.1 Å². The van der Waals surface area contributed by atoms with Gasteiger partial charge in [-0.3, -0.25) is 9.48 Å². The van der Waals surface area contributed by atoms with Crippen LogP contribution < -0.4 is 0 Å². The highest BCUT2D eigenvalue weighted by Crippen LogP contribution is 2.48. The Morgan fingerprint density at radius 3 is 2.62 bits per heavy atom. The molecule has 2 heterocycles. The van der Waals surface area contributed by atoms with Crippen LogP contribution in [0.5, 0.6) is 0 Å². The van der Waals surface area contributed by atoms with Gasteiger partial charge in [0.15, 0.2) is 0 Å². The molecule has 2 aliphatic rings. The Morgan fingerprint density at radius 2 is 1.96 bits per heavy atom. The van der Waals surface area contributed by atoms with Crippen molar-refractivity contribution in [3.05, 3.63) is 53.9 Å². The second-order valence-corrected chi connectivity index (χ2v) is 7.35. The first-order chi connectivity index (χ1) is 11.7. The number of rotatable bonds is 4. The van der Waals surface area contributed by atoms with Crippen molar-refractivity contribution in [3.63, 3.8) is 0 Å². The van der Waals surface area contributed by atoms with E-state index in [0.717, 1.165) is 38.8 Å². The summed E-state index contributed by atoms with van der Waals surface area (Å²) >= 11 is 0. The van der Waals surface area contributed by atoms with Crippen LogP contribution in [-0.4, -0.2) is 33.7 Å². The quantitative estimate of drug-likeness (QED) is 0.867. The number of carbonyl (C=O) groups excluding carboxylic acids is 1. The number of piperidine rings is 1. The summed E-state index contributed by atoms with van der Waals surface area (Å²) in [6.45, 7) is 1.85. The number of likely N-dealkylation sites (tertiary alicyclic amines) is 1. The summed E-state index contributed by atoms with van der Waals surface area (Å²) in [4.78, 5) is 14.8. The minimum absolute atomic E-state index is 0.194. The van der Waals surface area contributed by atoms with E-state index in [1.807, 2.05) is 24.1 Å². The molecule has 1 saturated heterocycles. The van der Waals surface area contributed by atoms with Gasteiger partial charge in [0.25, 0.3) is 0 Å². The largest absolute Gasteiger partial charge is 0.342 e. The number of aryl methyl sites for hydroxylation is 1. The summed E-state index contributed by atoms with van der Waals surface area (Å²) in [5.41, 5.74) is 2.64. The Morgan fingerprint density at radius 1 is 1.21 bits per heavy atom. The molecule has 126 valence electrons. The fraction of sp³-hybridized carbons (Fsp3) is 0.500. The third-order valence-electron chi connectivity index (χ3n) is 5.55. The zero-order valence-electron chi connectivity index (χ0n) is 14.3. The first-order valence-corrected chi connectivity index (χ1v) is 9.02. The molecular weight excluding hydrogens is 298 g/mol. The van der Waals surface area contributed by atoms with Gasteiger partial charge in [-0.1, -0.05) is 30.3 Å². The molecule has 0 spiro atoms. The van der Waals surface area contributed by atoms with E-state index < -0.39 is 0 Å². The van der Waals surface area contributed by atoms with Gasteiger partial charge in [-0.2, -0.15) is 5.10 Å². The molecule has 1 aromatic heterocycles. The molecule has 1 aromatic carbocycles. The van der Waals surface area contributed by atoms with Crippen molar-refractivity contribution in [2.45, 2.75) is 31.6 Å². The molecule has 1 aliphatic heterocycles. The first kappa shape index (κ1) is 15.4. The van der Waals surface area contributed by atoms with Crippen molar-refractivity contribution in [2.24, 2.45) is 18.9 Å². The van der Waals surface area contributed by atoms with Crippen LogP contribution in [0.25, 0.3) is 0 Å². The van der Waals surface area contributed by atoms with E-state index in [0.29, 0.717) is 17.7 Å². The Balaban J connectivity index is 1.28. The van der Waals surface area contributed by atoms with E-state index in [9.17, 15) is 4.79 Å². The van der Waals surface area contributed by atoms with Crippen LogP contribution in [-0.2, 0) is 18.3 Å². The molecule has 2 aromatic rings. The number of hydrogen-bond acceptors (Lipinski definition) is 2. The van der Waals surface area contributed by atoms with Gasteiger partial charge in [0.05, 0.1) is 6.20 Å². The highest BCUT2D eigenvalue weighted by Gasteiger charge is 2.46. The fourth-order valence-corrected chi connectivity index (χ4v) is 4.01. The summed E-state index contributed by atoms with van der Waals surface area (Å²) < 4.78 is 1.82. The number of nitrogens with zero attached hydrogens (tertiary/aromatic N) is 3. The average Bonchev–Trinajstić information content (AvgIpc) is 3.30. The Hall–Kier alpha value is -2.10. The van der Waals surface area contributed by atoms with Gasteiger partial charge in [0.1, 0.15) is 0 Å². The predicted octanol–water partition coefficient (Wildman–Crippen LogP) is 3.00. The smallest absolute Gasteiger partial charge is 0.226 e. The van der Waals surface area contributed by atoms with Crippen LogP contribution in [0.15, 0.2) is 42.7 Å². The predicted molar refractivity (Wildman–Crippen MR) is 93.5 cm³/mol. The Bertz CT molecular complexity index is 701. The lowest BCUT2D eigenvalue weighted by atomic mass is 9.90. The van der Waals surface area contributed by atoms with Gasteiger partial charge < -0.3 is 4.90 Å². The summed E-state index contributed by atoms with van der Waals surface area (Å²) in [6.07, 6.45) is 8.35. The van der Waals surface area contributed by atoms with Crippen molar-refractivity contribution in [1.82, 2.24) is 14.7 Å². The molecule has 4 rings (SSSR count). The first-order valence-electron chi connectivity index (χ1n) is 9.02. The fourth-order valence-electron chi connectivity index (χ4n) is 4.01. The lowest BCUT2D eigenvalue weighted by Gasteiger charge is -2.32. The van der Waals surface area contributed by atoms with Gasteiger partial charge in [0.2, 0.25) is 5.91 Å². The number of aromatic nitrogens is 2. The van der Waals surface area contributed by atoms with Crippen LogP contribution in [0.3, 0.4) is 0 Å². The third kappa shape index (κ3) is 3.23. The minimum atomic E-state index is 0.194. The maximum absolute atomic E-state index is 12.7. The van der Waals surface area contributed by atoms with Crippen molar-refractivity contribution in [3.8, 4) is 0 Å².